The van der Waals surface area contributed by atoms with E-state index in [1.807, 2.05) is 6.07 Å². The molecule has 74 valence electrons. The molecule has 0 saturated carbocycles. The maximum atomic E-state index is 4.75. The second-order valence-electron chi connectivity index (χ2n) is 3.20. The normalized spacial score (nSPS) is 10.5. The van der Waals surface area contributed by atoms with Gasteiger partial charge in [-0.15, -0.1) is 0 Å². The molecule has 0 aliphatic rings. The van der Waals surface area contributed by atoms with E-state index in [9.17, 15) is 0 Å². The number of aromatic nitrogens is 1. The summed E-state index contributed by atoms with van der Waals surface area (Å²) < 4.78 is 4.75. The van der Waals surface area contributed by atoms with Crippen LogP contribution in [0.2, 0.25) is 0 Å². The summed E-state index contributed by atoms with van der Waals surface area (Å²) in [5.41, 5.74) is 1.08. The largest absolute Gasteiger partial charge is 0.365 e. The molecule has 0 aliphatic heterocycles. The summed E-state index contributed by atoms with van der Waals surface area (Å²) >= 11 is 3.43. The van der Waals surface area contributed by atoms with Crippen molar-refractivity contribution in [3.8, 4) is 0 Å². The minimum atomic E-state index is 1.06. The lowest BCUT2D eigenvalue weighted by Crippen LogP contribution is -1.86. The van der Waals surface area contributed by atoms with Gasteiger partial charge in [-0.2, -0.15) is 0 Å². The van der Waals surface area contributed by atoms with E-state index in [4.69, 9.17) is 4.52 Å². The minimum Gasteiger partial charge on any atom is -0.365 e. The summed E-state index contributed by atoms with van der Waals surface area (Å²) in [5, 5.41) is 5.00. The second kappa shape index (κ2) is 7.13. The van der Waals surface area contributed by atoms with Gasteiger partial charge in [-0.05, 0) is 19.3 Å². The van der Waals surface area contributed by atoms with Crippen LogP contribution in [0.3, 0.4) is 0 Å². The Morgan fingerprint density at radius 1 is 1.15 bits per heavy atom. The first-order valence-corrected chi connectivity index (χ1v) is 6.01. The molecule has 0 amide bonds. The van der Waals surface area contributed by atoms with E-state index in [2.05, 4.69) is 21.1 Å². The molecule has 0 saturated heterocycles. The SMILES string of the molecule is BrCCCCCCCc1ccon1. The molecule has 0 fully saturated rings. The Morgan fingerprint density at radius 3 is 2.62 bits per heavy atom. The molecule has 0 unspecified atom stereocenters. The number of halogens is 1. The highest BCUT2D eigenvalue weighted by atomic mass is 79.9. The van der Waals surface area contributed by atoms with Gasteiger partial charge >= 0.3 is 0 Å². The fraction of sp³-hybridized carbons (Fsp3) is 0.700. The van der Waals surface area contributed by atoms with Crippen LogP contribution in [-0.2, 0) is 6.42 Å². The third-order valence-electron chi connectivity index (χ3n) is 2.06. The molecule has 0 aliphatic carbocycles. The van der Waals surface area contributed by atoms with Crippen molar-refractivity contribution < 1.29 is 4.52 Å². The average Bonchev–Trinajstić information content (AvgIpc) is 2.63. The Labute approximate surface area is 87.8 Å². The van der Waals surface area contributed by atoms with Gasteiger partial charge in [0.15, 0.2) is 0 Å². The van der Waals surface area contributed by atoms with Crippen molar-refractivity contribution in [2.75, 3.05) is 5.33 Å². The fourth-order valence-electron chi connectivity index (χ4n) is 1.30. The number of unbranched alkanes of at least 4 members (excludes halogenated alkanes) is 4. The first-order chi connectivity index (χ1) is 6.43. The number of alkyl halides is 1. The smallest absolute Gasteiger partial charge is 0.124 e. The average molecular weight is 246 g/mol. The number of aryl methyl sites for hydroxylation is 1. The van der Waals surface area contributed by atoms with Crippen LogP contribution in [-0.4, -0.2) is 10.5 Å². The third kappa shape index (κ3) is 5.09. The lowest BCUT2D eigenvalue weighted by molar-refractivity contribution is 0.410. The van der Waals surface area contributed by atoms with Crippen LogP contribution in [0.1, 0.15) is 37.8 Å². The van der Waals surface area contributed by atoms with E-state index in [1.165, 1.54) is 32.1 Å². The molecular weight excluding hydrogens is 230 g/mol. The third-order valence-corrected chi connectivity index (χ3v) is 2.62. The number of hydrogen-bond donors (Lipinski definition) is 0. The van der Waals surface area contributed by atoms with Crippen LogP contribution in [0.25, 0.3) is 0 Å². The van der Waals surface area contributed by atoms with Crippen LogP contribution in [0.5, 0.6) is 0 Å². The van der Waals surface area contributed by atoms with E-state index < -0.39 is 0 Å². The van der Waals surface area contributed by atoms with Gasteiger partial charge in [0.2, 0.25) is 0 Å². The van der Waals surface area contributed by atoms with Gasteiger partial charge in [0, 0.05) is 11.4 Å². The summed E-state index contributed by atoms with van der Waals surface area (Å²) in [5.74, 6) is 0. The first-order valence-electron chi connectivity index (χ1n) is 4.88. The standard InChI is InChI=1S/C10H16BrNO/c11-8-5-3-1-2-4-6-10-7-9-13-12-10/h7,9H,1-6,8H2. The van der Waals surface area contributed by atoms with E-state index in [0.717, 1.165) is 17.4 Å². The molecule has 1 aromatic rings. The summed E-state index contributed by atoms with van der Waals surface area (Å²) in [6.07, 6.45) is 9.21. The van der Waals surface area contributed by atoms with Crippen molar-refractivity contribution in [3.63, 3.8) is 0 Å². The van der Waals surface area contributed by atoms with Gasteiger partial charge in [0.25, 0.3) is 0 Å². The number of nitrogens with zero attached hydrogens (tertiary/aromatic N) is 1. The molecule has 0 bridgehead atoms. The topological polar surface area (TPSA) is 26.0 Å². The van der Waals surface area contributed by atoms with Gasteiger partial charge in [0.1, 0.15) is 6.26 Å². The second-order valence-corrected chi connectivity index (χ2v) is 3.99. The first kappa shape index (κ1) is 10.8. The van der Waals surface area contributed by atoms with Crippen molar-refractivity contribution in [2.24, 2.45) is 0 Å². The van der Waals surface area contributed by atoms with Crippen molar-refractivity contribution in [1.29, 1.82) is 0 Å². The van der Waals surface area contributed by atoms with Crippen LogP contribution in [0.15, 0.2) is 16.9 Å². The number of rotatable bonds is 7. The Kier molecular flexibility index (Phi) is 5.90. The van der Waals surface area contributed by atoms with Gasteiger partial charge in [-0.25, -0.2) is 0 Å². The molecule has 0 aromatic carbocycles. The zero-order valence-electron chi connectivity index (χ0n) is 7.84. The Hall–Kier alpha value is -0.310. The van der Waals surface area contributed by atoms with Gasteiger partial charge in [0.05, 0.1) is 5.69 Å². The van der Waals surface area contributed by atoms with Crippen LogP contribution >= 0.6 is 15.9 Å². The highest BCUT2D eigenvalue weighted by molar-refractivity contribution is 9.09. The zero-order valence-corrected chi connectivity index (χ0v) is 9.42. The van der Waals surface area contributed by atoms with Gasteiger partial charge in [-0.3, -0.25) is 0 Å². The molecule has 0 spiro atoms. The quantitative estimate of drug-likeness (QED) is 0.543. The van der Waals surface area contributed by atoms with Crippen molar-refractivity contribution in [1.82, 2.24) is 5.16 Å². The molecule has 13 heavy (non-hydrogen) atoms. The molecule has 0 atom stereocenters. The Bertz CT molecular complexity index is 199. The minimum absolute atomic E-state index is 1.06. The molecule has 0 radical (unpaired) electrons. The molecule has 3 heteroatoms. The molecule has 0 N–H and O–H groups in total. The van der Waals surface area contributed by atoms with E-state index in [0.29, 0.717) is 0 Å². The van der Waals surface area contributed by atoms with Gasteiger partial charge < -0.3 is 4.52 Å². The monoisotopic (exact) mass is 245 g/mol. The summed E-state index contributed by atoms with van der Waals surface area (Å²) in [6.45, 7) is 0. The maximum absolute atomic E-state index is 4.75. The molecule has 2 nitrogen and oxygen atoms in total. The van der Waals surface area contributed by atoms with Crippen molar-refractivity contribution in [3.05, 3.63) is 18.0 Å². The fourth-order valence-corrected chi connectivity index (χ4v) is 1.69. The van der Waals surface area contributed by atoms with E-state index >= 15 is 0 Å². The lowest BCUT2D eigenvalue weighted by atomic mass is 10.1. The summed E-state index contributed by atoms with van der Waals surface area (Å²) in [7, 11) is 0. The van der Waals surface area contributed by atoms with Crippen LogP contribution in [0, 0.1) is 0 Å². The Morgan fingerprint density at radius 2 is 1.92 bits per heavy atom. The Balaban J connectivity index is 1.90. The van der Waals surface area contributed by atoms with E-state index in [1.54, 1.807) is 6.26 Å². The highest BCUT2D eigenvalue weighted by Crippen LogP contribution is 2.07. The van der Waals surface area contributed by atoms with Crippen molar-refractivity contribution in [2.45, 2.75) is 38.5 Å². The van der Waals surface area contributed by atoms with Gasteiger partial charge in [-0.1, -0.05) is 40.3 Å². The number of hydrogen-bond acceptors (Lipinski definition) is 2. The zero-order chi connectivity index (χ0) is 9.36. The van der Waals surface area contributed by atoms with Crippen molar-refractivity contribution >= 4 is 15.9 Å². The van der Waals surface area contributed by atoms with E-state index in [-0.39, 0.29) is 0 Å². The van der Waals surface area contributed by atoms with Crippen LogP contribution < -0.4 is 0 Å². The summed E-state index contributed by atoms with van der Waals surface area (Å²) in [6, 6.07) is 1.94. The molecule has 1 rings (SSSR count). The highest BCUT2D eigenvalue weighted by Gasteiger charge is 1.95. The lowest BCUT2D eigenvalue weighted by Gasteiger charge is -1.97. The van der Waals surface area contributed by atoms with Crippen LogP contribution in [0.4, 0.5) is 0 Å². The predicted octanol–water partition coefficient (Wildman–Crippen LogP) is 3.56. The molecule has 1 heterocycles. The molecule has 1 aromatic heterocycles. The maximum Gasteiger partial charge on any atom is 0.124 e. The summed E-state index contributed by atoms with van der Waals surface area (Å²) in [4.78, 5) is 0. The predicted molar refractivity (Wildman–Crippen MR) is 57.1 cm³/mol. The molecular formula is C10H16BrNO.